The summed E-state index contributed by atoms with van der Waals surface area (Å²) in [5.74, 6) is -4.65. The molecule has 0 aliphatic heterocycles. The van der Waals surface area contributed by atoms with E-state index in [1.165, 1.54) is 0 Å². The number of amidine groups is 1. The smallest absolute Gasteiger partial charge is 0.382 e. The van der Waals surface area contributed by atoms with Crippen LogP contribution < -0.4 is 16.9 Å². The van der Waals surface area contributed by atoms with Crippen LogP contribution in [0, 0.1) is 11.9 Å². The molecule has 1 amide bonds. The number of nitrogens with two attached hydrogens (primary N) is 2. The number of carbonyl (C=O) groups is 1. The van der Waals surface area contributed by atoms with Crippen LogP contribution >= 0.6 is 0 Å². The number of primary amides is 1. The van der Waals surface area contributed by atoms with E-state index in [0.29, 0.717) is 24.4 Å². The second kappa shape index (κ2) is 8.57. The van der Waals surface area contributed by atoms with Crippen LogP contribution in [0.5, 0.6) is 0 Å². The van der Waals surface area contributed by atoms with E-state index in [0.717, 1.165) is 6.07 Å². The molecule has 0 radical (unpaired) electrons. The highest BCUT2D eigenvalue weighted by Gasteiger charge is 2.37. The van der Waals surface area contributed by atoms with E-state index in [4.69, 9.17) is 11.5 Å². The number of hydrazone groups is 1. The summed E-state index contributed by atoms with van der Waals surface area (Å²) in [5.41, 5.74) is 7.35. The van der Waals surface area contributed by atoms with E-state index in [2.05, 4.69) is 10.1 Å². The average molecular weight is 453 g/mol. The Labute approximate surface area is 168 Å². The van der Waals surface area contributed by atoms with Crippen LogP contribution in [-0.2, 0) is 17.1 Å². The fraction of sp³-hybridized carbons (Fsp3) is 0.118. The van der Waals surface area contributed by atoms with Crippen LogP contribution in [0.25, 0.3) is 5.57 Å². The number of hydrogen-bond acceptors (Lipinski definition) is 4. The third-order valence-corrected chi connectivity index (χ3v) is 3.65. The molecule has 166 valence electrons. The Morgan fingerprint density at radius 2 is 1.52 bits per heavy atom. The van der Waals surface area contributed by atoms with E-state index in [1.54, 1.807) is 0 Å². The zero-order valence-electron chi connectivity index (χ0n) is 14.9. The molecule has 2 rings (SSSR count). The van der Waals surface area contributed by atoms with Gasteiger partial charge in [0.05, 0.1) is 16.7 Å². The van der Waals surface area contributed by atoms with Crippen molar-refractivity contribution < 1.29 is 39.9 Å². The number of pyridine rings is 1. The molecule has 0 aliphatic carbocycles. The van der Waals surface area contributed by atoms with Gasteiger partial charge in [-0.1, -0.05) is 0 Å². The van der Waals surface area contributed by atoms with Crippen LogP contribution in [0.3, 0.4) is 0 Å². The van der Waals surface area contributed by atoms with Crippen molar-refractivity contribution in [3.05, 3.63) is 70.7 Å². The van der Waals surface area contributed by atoms with Gasteiger partial charge in [0, 0.05) is 17.3 Å². The van der Waals surface area contributed by atoms with Gasteiger partial charge in [-0.2, -0.15) is 45.2 Å². The molecule has 1 heterocycles. The van der Waals surface area contributed by atoms with E-state index in [1.807, 2.05) is 5.43 Å². The SMILES string of the molecule is NC(=O)/C(=C/N/N=C(\N)c1cc(C(F)(F)F)cc(C(F)(F)F)c1)c1ccc(F)nc1F. The number of nitrogens with one attached hydrogen (secondary N) is 1. The first kappa shape index (κ1) is 23.6. The first-order valence-electron chi connectivity index (χ1n) is 7.91. The maximum Gasteiger partial charge on any atom is 0.416 e. The molecule has 0 saturated carbocycles. The van der Waals surface area contributed by atoms with Crippen molar-refractivity contribution in [1.82, 2.24) is 10.4 Å². The zero-order chi connectivity index (χ0) is 23.6. The molecule has 1 aromatic carbocycles. The van der Waals surface area contributed by atoms with Crippen LogP contribution in [0.4, 0.5) is 35.1 Å². The fourth-order valence-electron chi connectivity index (χ4n) is 2.23. The number of halogens is 8. The highest BCUT2D eigenvalue weighted by atomic mass is 19.4. The summed E-state index contributed by atoms with van der Waals surface area (Å²) in [6, 6.07) is 2.11. The minimum atomic E-state index is -5.10. The van der Waals surface area contributed by atoms with Gasteiger partial charge in [0.1, 0.15) is 0 Å². The highest BCUT2D eigenvalue weighted by Crippen LogP contribution is 2.36. The number of rotatable bonds is 5. The third kappa shape index (κ3) is 5.90. The summed E-state index contributed by atoms with van der Waals surface area (Å²) in [6.07, 6.45) is -9.54. The first-order chi connectivity index (χ1) is 14.2. The Morgan fingerprint density at radius 1 is 0.968 bits per heavy atom. The van der Waals surface area contributed by atoms with Gasteiger partial charge < -0.3 is 11.5 Å². The molecule has 2 aromatic rings. The minimum Gasteiger partial charge on any atom is -0.382 e. The van der Waals surface area contributed by atoms with Gasteiger partial charge >= 0.3 is 12.4 Å². The van der Waals surface area contributed by atoms with Crippen molar-refractivity contribution in [2.45, 2.75) is 12.4 Å². The molecule has 14 heteroatoms. The summed E-state index contributed by atoms with van der Waals surface area (Å²) in [6.45, 7) is 0. The van der Waals surface area contributed by atoms with E-state index < -0.39 is 63.8 Å². The molecule has 0 unspecified atom stereocenters. The van der Waals surface area contributed by atoms with Gasteiger partial charge in [0.25, 0.3) is 5.91 Å². The maximum absolute atomic E-state index is 13.7. The van der Waals surface area contributed by atoms with Crippen molar-refractivity contribution in [3.8, 4) is 0 Å². The average Bonchev–Trinajstić information content (AvgIpc) is 2.64. The van der Waals surface area contributed by atoms with Gasteiger partial charge in [-0.15, -0.1) is 0 Å². The molecular formula is C17H11F8N5O. The number of aromatic nitrogens is 1. The molecule has 31 heavy (non-hydrogen) atoms. The van der Waals surface area contributed by atoms with Crippen molar-refractivity contribution in [2.75, 3.05) is 0 Å². The Balaban J connectivity index is 2.43. The quantitative estimate of drug-likeness (QED) is 0.162. The molecule has 0 aliphatic rings. The van der Waals surface area contributed by atoms with E-state index in [-0.39, 0.29) is 6.07 Å². The lowest BCUT2D eigenvalue weighted by molar-refractivity contribution is -0.143. The molecule has 1 aromatic heterocycles. The van der Waals surface area contributed by atoms with Gasteiger partial charge in [-0.05, 0) is 30.3 Å². The lowest BCUT2D eigenvalue weighted by Crippen LogP contribution is -2.21. The van der Waals surface area contributed by atoms with Crippen molar-refractivity contribution >= 4 is 17.3 Å². The number of hydrogen-bond donors (Lipinski definition) is 3. The molecule has 0 bridgehead atoms. The Morgan fingerprint density at radius 3 is 1.97 bits per heavy atom. The Bertz CT molecular complexity index is 1030. The summed E-state index contributed by atoms with van der Waals surface area (Å²) >= 11 is 0. The van der Waals surface area contributed by atoms with Gasteiger partial charge in [0.2, 0.25) is 11.9 Å². The predicted molar refractivity (Wildman–Crippen MR) is 91.6 cm³/mol. The molecule has 0 fully saturated rings. The molecular weight excluding hydrogens is 442 g/mol. The fourth-order valence-corrected chi connectivity index (χ4v) is 2.23. The lowest BCUT2D eigenvalue weighted by atomic mass is 10.0. The maximum atomic E-state index is 13.7. The monoisotopic (exact) mass is 453 g/mol. The van der Waals surface area contributed by atoms with Crippen LogP contribution in [-0.4, -0.2) is 16.7 Å². The second-order valence-electron chi connectivity index (χ2n) is 5.82. The number of carbonyl (C=O) groups excluding carboxylic acids is 1. The molecule has 0 saturated heterocycles. The summed E-state index contributed by atoms with van der Waals surface area (Å²) in [7, 11) is 0. The van der Waals surface area contributed by atoms with Crippen molar-refractivity contribution in [1.29, 1.82) is 0 Å². The minimum absolute atomic E-state index is 0.0976. The van der Waals surface area contributed by atoms with Gasteiger partial charge in [-0.3, -0.25) is 10.2 Å². The molecule has 0 spiro atoms. The van der Waals surface area contributed by atoms with E-state index >= 15 is 0 Å². The number of nitrogens with zero attached hydrogens (tertiary/aromatic N) is 2. The topological polar surface area (TPSA) is 106 Å². The zero-order valence-corrected chi connectivity index (χ0v) is 14.9. The summed E-state index contributed by atoms with van der Waals surface area (Å²) < 4.78 is 104. The van der Waals surface area contributed by atoms with Crippen molar-refractivity contribution in [3.63, 3.8) is 0 Å². The number of benzene rings is 1. The summed E-state index contributed by atoms with van der Waals surface area (Å²) in [5, 5.41) is 3.34. The molecule has 5 N–H and O–H groups in total. The van der Waals surface area contributed by atoms with Crippen LogP contribution in [0.1, 0.15) is 22.3 Å². The van der Waals surface area contributed by atoms with Crippen LogP contribution in [0.15, 0.2) is 41.6 Å². The standard InChI is InChI=1S/C17H11F8N5O/c18-12-2-1-10(13(19)29-12)11(15(27)31)6-28-30-14(26)7-3-8(16(20,21)22)5-9(4-7)17(23,24)25/h1-6,28H,(H2,26,30)(H2,27,31)/b11-6+. The number of alkyl halides is 6. The lowest BCUT2D eigenvalue weighted by Gasteiger charge is -2.14. The van der Waals surface area contributed by atoms with E-state index in [9.17, 15) is 39.9 Å². The molecule has 0 atom stereocenters. The third-order valence-electron chi connectivity index (χ3n) is 3.65. The molecule has 6 nitrogen and oxygen atoms in total. The summed E-state index contributed by atoms with van der Waals surface area (Å²) in [4.78, 5) is 14.3. The van der Waals surface area contributed by atoms with Gasteiger partial charge in [-0.25, -0.2) is 0 Å². The largest absolute Gasteiger partial charge is 0.416 e. The van der Waals surface area contributed by atoms with Crippen LogP contribution in [0.2, 0.25) is 0 Å². The second-order valence-corrected chi connectivity index (χ2v) is 5.82. The van der Waals surface area contributed by atoms with Crippen molar-refractivity contribution in [2.24, 2.45) is 16.6 Å². The Hall–Kier alpha value is -3.71. The van der Waals surface area contributed by atoms with Gasteiger partial charge in [0.15, 0.2) is 5.84 Å². The highest BCUT2D eigenvalue weighted by molar-refractivity contribution is 6.18. The predicted octanol–water partition coefficient (Wildman–Crippen LogP) is 3.13. The Kier molecular flexibility index (Phi) is 6.52. The normalized spacial score (nSPS) is 13.3. The number of amides is 1. The first-order valence-corrected chi connectivity index (χ1v) is 7.91.